The lowest BCUT2D eigenvalue weighted by Gasteiger charge is -2.05. The minimum atomic E-state index is -4.52. The molecular weight excluding hydrogens is 323 g/mol. The smallest absolute Gasteiger partial charge is 0.445 e. The van der Waals surface area contributed by atoms with Crippen LogP contribution >= 0.6 is 11.3 Å². The first-order chi connectivity index (χ1) is 10.3. The Hall–Kier alpha value is -2.30. The molecule has 2 aromatic heterocycles. The quantitative estimate of drug-likeness (QED) is 0.856. The molecule has 0 saturated carbocycles. The molecule has 118 valence electrons. The van der Waals surface area contributed by atoms with E-state index in [9.17, 15) is 18.0 Å². The number of hydrogen-bond donors (Lipinski definition) is 1. The third-order valence-electron chi connectivity index (χ3n) is 2.36. The Kier molecular flexibility index (Phi) is 4.54. The predicted octanol–water partition coefficient (Wildman–Crippen LogP) is 2.05. The van der Waals surface area contributed by atoms with E-state index in [4.69, 9.17) is 0 Å². The topological polar surface area (TPSA) is 89.9 Å². The van der Waals surface area contributed by atoms with Crippen LogP contribution in [-0.2, 0) is 17.5 Å². The van der Waals surface area contributed by atoms with Crippen LogP contribution < -0.4 is 5.32 Å². The van der Waals surface area contributed by atoms with E-state index in [2.05, 4.69) is 30.2 Å². The number of rotatable bonds is 4. The van der Waals surface area contributed by atoms with Crippen LogP contribution in [0.25, 0.3) is 0 Å². The third-order valence-corrected chi connectivity index (χ3v) is 3.32. The minimum absolute atomic E-state index is 0.0438. The Balaban J connectivity index is 2.10. The van der Waals surface area contributed by atoms with Crippen molar-refractivity contribution in [1.29, 1.82) is 0 Å². The van der Waals surface area contributed by atoms with Crippen molar-refractivity contribution in [3.05, 3.63) is 27.5 Å². The Morgan fingerprint density at radius 2 is 2.09 bits per heavy atom. The normalized spacial score (nSPS) is 11.3. The van der Waals surface area contributed by atoms with Crippen LogP contribution in [0.4, 0.5) is 19.1 Å². The highest BCUT2D eigenvalue weighted by molar-refractivity contribution is 7.11. The summed E-state index contributed by atoms with van der Waals surface area (Å²) in [4.78, 5) is 19.4. The van der Waals surface area contributed by atoms with Gasteiger partial charge < -0.3 is 10.1 Å². The Bertz CT molecular complexity index is 689. The van der Waals surface area contributed by atoms with Crippen molar-refractivity contribution in [2.45, 2.75) is 19.6 Å². The van der Waals surface area contributed by atoms with Gasteiger partial charge in [0, 0.05) is 5.69 Å². The summed E-state index contributed by atoms with van der Waals surface area (Å²) in [5, 5.41) is 8.29. The van der Waals surface area contributed by atoms with E-state index in [1.54, 1.807) is 6.92 Å². The molecule has 7 nitrogen and oxygen atoms in total. The molecule has 0 aromatic carbocycles. The van der Waals surface area contributed by atoms with Gasteiger partial charge in [0.15, 0.2) is 5.69 Å². The van der Waals surface area contributed by atoms with Gasteiger partial charge in [-0.2, -0.15) is 13.2 Å². The van der Waals surface area contributed by atoms with Gasteiger partial charge in [-0.3, -0.25) is 0 Å². The molecule has 0 radical (unpaired) electrons. The predicted molar refractivity (Wildman–Crippen MR) is 70.3 cm³/mol. The van der Waals surface area contributed by atoms with Crippen molar-refractivity contribution in [2.24, 2.45) is 0 Å². The van der Waals surface area contributed by atoms with Crippen molar-refractivity contribution in [1.82, 2.24) is 20.2 Å². The third kappa shape index (κ3) is 3.87. The average Bonchev–Trinajstić information content (AvgIpc) is 2.92. The molecule has 0 saturated heterocycles. The summed E-state index contributed by atoms with van der Waals surface area (Å²) in [6, 6.07) is 1.43. The number of esters is 1. The lowest BCUT2D eigenvalue weighted by molar-refractivity contribution is -0.138. The van der Waals surface area contributed by atoms with E-state index in [0.717, 1.165) is 0 Å². The second-order valence-corrected chi connectivity index (χ2v) is 5.12. The van der Waals surface area contributed by atoms with Crippen LogP contribution in [0.15, 0.2) is 6.07 Å². The number of alkyl halides is 3. The maximum Gasteiger partial charge on any atom is 0.445 e. The van der Waals surface area contributed by atoms with Gasteiger partial charge in [-0.1, -0.05) is 11.3 Å². The first-order valence-corrected chi connectivity index (χ1v) is 6.68. The molecule has 0 fully saturated rings. The van der Waals surface area contributed by atoms with Crippen LogP contribution in [-0.4, -0.2) is 33.2 Å². The van der Waals surface area contributed by atoms with Crippen molar-refractivity contribution in [2.75, 3.05) is 12.4 Å². The number of methoxy groups -OCH3 is 1. The number of halogens is 3. The summed E-state index contributed by atoms with van der Waals surface area (Å²) in [5.41, 5.74) is 0.553. The van der Waals surface area contributed by atoms with E-state index in [-0.39, 0.29) is 23.2 Å². The summed E-state index contributed by atoms with van der Waals surface area (Å²) >= 11 is 0.421. The van der Waals surface area contributed by atoms with Crippen LogP contribution in [0.2, 0.25) is 0 Å². The molecular formula is C11H10F3N5O2S. The van der Waals surface area contributed by atoms with Crippen LogP contribution in [0.3, 0.4) is 0 Å². The van der Waals surface area contributed by atoms with E-state index < -0.39 is 17.2 Å². The second-order valence-electron chi connectivity index (χ2n) is 4.06. The number of nitrogens with zero attached hydrogens (tertiary/aromatic N) is 4. The van der Waals surface area contributed by atoms with Crippen molar-refractivity contribution < 1.29 is 22.7 Å². The molecule has 1 N–H and O–H groups in total. The maximum absolute atomic E-state index is 12.4. The fourth-order valence-corrected chi connectivity index (χ4v) is 2.10. The maximum atomic E-state index is 12.4. The SMILES string of the molecule is COC(=O)c1cc(C)nc(NCc2nnc(C(F)(F)F)s2)n1. The molecule has 2 heterocycles. The molecule has 0 atom stereocenters. The molecule has 0 bridgehead atoms. The minimum Gasteiger partial charge on any atom is -0.464 e. The zero-order valence-electron chi connectivity index (χ0n) is 11.4. The van der Waals surface area contributed by atoms with Gasteiger partial charge in [0.2, 0.25) is 11.0 Å². The van der Waals surface area contributed by atoms with Crippen LogP contribution in [0.1, 0.15) is 26.2 Å². The number of carbonyl (C=O) groups excluding carboxylic acids is 1. The molecule has 0 aliphatic carbocycles. The highest BCUT2D eigenvalue weighted by Gasteiger charge is 2.35. The van der Waals surface area contributed by atoms with Gasteiger partial charge in [0.1, 0.15) is 5.01 Å². The zero-order valence-corrected chi connectivity index (χ0v) is 12.2. The highest BCUT2D eigenvalue weighted by Crippen LogP contribution is 2.31. The van der Waals surface area contributed by atoms with E-state index >= 15 is 0 Å². The van der Waals surface area contributed by atoms with Gasteiger partial charge in [-0.25, -0.2) is 14.8 Å². The molecule has 0 aliphatic heterocycles. The van der Waals surface area contributed by atoms with Crippen LogP contribution in [0.5, 0.6) is 0 Å². The summed E-state index contributed by atoms with van der Waals surface area (Å²) in [7, 11) is 1.22. The first-order valence-electron chi connectivity index (χ1n) is 5.87. The van der Waals surface area contributed by atoms with Gasteiger partial charge in [0.05, 0.1) is 13.7 Å². The number of anilines is 1. The number of carbonyl (C=O) groups is 1. The van der Waals surface area contributed by atoms with E-state index in [1.165, 1.54) is 13.2 Å². The van der Waals surface area contributed by atoms with Gasteiger partial charge in [-0.05, 0) is 13.0 Å². The molecule has 2 aromatic rings. The summed E-state index contributed by atoms with van der Waals surface area (Å²) in [6.45, 7) is 1.60. The number of nitrogens with one attached hydrogen (secondary N) is 1. The number of aryl methyl sites for hydroxylation is 1. The van der Waals surface area contributed by atoms with Crippen molar-refractivity contribution >= 4 is 23.3 Å². The zero-order chi connectivity index (χ0) is 16.3. The molecule has 0 unspecified atom stereocenters. The molecule has 0 spiro atoms. The number of aromatic nitrogens is 4. The summed E-state index contributed by atoms with van der Waals surface area (Å²) in [6.07, 6.45) is -4.52. The monoisotopic (exact) mass is 333 g/mol. The van der Waals surface area contributed by atoms with Crippen LogP contribution in [0, 0.1) is 6.92 Å². The standard InChI is InChI=1S/C11H10F3N5O2S/c1-5-3-6(8(20)21-2)17-10(16-5)15-4-7-18-19-9(22-7)11(12,13)14/h3H,4H2,1-2H3,(H,15,16,17). The highest BCUT2D eigenvalue weighted by atomic mass is 32.1. The van der Waals surface area contributed by atoms with Gasteiger partial charge >= 0.3 is 12.1 Å². The largest absolute Gasteiger partial charge is 0.464 e. The Morgan fingerprint density at radius 3 is 2.68 bits per heavy atom. The number of hydrogen-bond acceptors (Lipinski definition) is 8. The lowest BCUT2D eigenvalue weighted by atomic mass is 10.3. The van der Waals surface area contributed by atoms with Gasteiger partial charge in [-0.15, -0.1) is 10.2 Å². The molecule has 11 heteroatoms. The van der Waals surface area contributed by atoms with Crippen molar-refractivity contribution in [3.63, 3.8) is 0 Å². The molecule has 2 rings (SSSR count). The number of ether oxygens (including phenoxy) is 1. The van der Waals surface area contributed by atoms with Crippen molar-refractivity contribution in [3.8, 4) is 0 Å². The Morgan fingerprint density at radius 1 is 1.36 bits per heavy atom. The Labute approximate surface area is 126 Å². The molecule has 22 heavy (non-hydrogen) atoms. The second kappa shape index (κ2) is 6.22. The average molecular weight is 333 g/mol. The summed E-state index contributed by atoms with van der Waals surface area (Å²) < 4.78 is 41.8. The lowest BCUT2D eigenvalue weighted by Crippen LogP contribution is -2.10. The molecule has 0 amide bonds. The molecule has 0 aliphatic rings. The fourth-order valence-electron chi connectivity index (χ4n) is 1.45. The van der Waals surface area contributed by atoms with E-state index in [1.807, 2.05) is 0 Å². The fraction of sp³-hybridized carbons (Fsp3) is 0.364. The summed E-state index contributed by atoms with van der Waals surface area (Å²) in [5.74, 6) is -0.548. The van der Waals surface area contributed by atoms with Gasteiger partial charge in [0.25, 0.3) is 0 Å². The first kappa shape index (κ1) is 16.1. The van der Waals surface area contributed by atoms with E-state index in [0.29, 0.717) is 17.0 Å².